The van der Waals surface area contributed by atoms with Gasteiger partial charge >= 0.3 is 5.97 Å². The Labute approximate surface area is 108 Å². The van der Waals surface area contributed by atoms with E-state index >= 15 is 0 Å². The average molecular weight is 251 g/mol. The molecule has 0 aliphatic carbocycles. The van der Waals surface area contributed by atoms with Crippen molar-refractivity contribution in [2.75, 3.05) is 13.2 Å². The van der Waals surface area contributed by atoms with Crippen LogP contribution in [0.2, 0.25) is 0 Å². The van der Waals surface area contributed by atoms with E-state index in [1.54, 1.807) is 13.8 Å². The van der Waals surface area contributed by atoms with Crippen LogP contribution >= 0.6 is 0 Å². The van der Waals surface area contributed by atoms with Gasteiger partial charge in [-0.3, -0.25) is 4.79 Å². The Hall–Kier alpha value is -1.55. The summed E-state index contributed by atoms with van der Waals surface area (Å²) in [6, 6.07) is 7.48. The van der Waals surface area contributed by atoms with Gasteiger partial charge in [0.15, 0.2) is 0 Å². The summed E-state index contributed by atoms with van der Waals surface area (Å²) in [4.78, 5) is 11.5. The zero-order valence-corrected chi connectivity index (χ0v) is 11.2. The highest BCUT2D eigenvalue weighted by Gasteiger charge is 2.13. The van der Waals surface area contributed by atoms with Gasteiger partial charge in [0.25, 0.3) is 0 Å². The molecule has 0 saturated heterocycles. The summed E-state index contributed by atoms with van der Waals surface area (Å²) in [5.74, 6) is 0.620. The molecular weight excluding hydrogens is 230 g/mol. The molecule has 100 valence electrons. The van der Waals surface area contributed by atoms with Gasteiger partial charge in [-0.2, -0.15) is 0 Å². The van der Waals surface area contributed by atoms with Crippen LogP contribution in [0.4, 0.5) is 0 Å². The molecule has 0 aliphatic heterocycles. The van der Waals surface area contributed by atoms with E-state index in [4.69, 9.17) is 9.47 Å². The van der Waals surface area contributed by atoms with Crippen LogP contribution in [0.3, 0.4) is 0 Å². The van der Waals surface area contributed by atoms with E-state index in [1.165, 1.54) is 0 Å². The zero-order chi connectivity index (χ0) is 13.4. The summed E-state index contributed by atoms with van der Waals surface area (Å²) in [7, 11) is 0. The SMILES string of the molecule is CCOC(=O)C(C)NCc1ccccc1OCC. The number of nitrogens with one attached hydrogen (secondary N) is 1. The molecule has 0 heterocycles. The van der Waals surface area contributed by atoms with Crippen LogP contribution in [0.25, 0.3) is 0 Å². The fraction of sp³-hybridized carbons (Fsp3) is 0.500. The fourth-order valence-electron chi connectivity index (χ4n) is 1.56. The third-order valence-corrected chi connectivity index (χ3v) is 2.51. The lowest BCUT2D eigenvalue weighted by Crippen LogP contribution is -2.35. The van der Waals surface area contributed by atoms with Crippen molar-refractivity contribution >= 4 is 5.97 Å². The van der Waals surface area contributed by atoms with Gasteiger partial charge in [0.2, 0.25) is 0 Å². The van der Waals surface area contributed by atoms with Crippen molar-refractivity contribution in [1.29, 1.82) is 0 Å². The molecule has 18 heavy (non-hydrogen) atoms. The first kappa shape index (κ1) is 14.5. The van der Waals surface area contributed by atoms with Crippen molar-refractivity contribution in [2.45, 2.75) is 33.4 Å². The average Bonchev–Trinajstić information content (AvgIpc) is 2.38. The normalized spacial score (nSPS) is 11.9. The molecule has 0 aliphatic rings. The van der Waals surface area contributed by atoms with Crippen LogP contribution < -0.4 is 10.1 Å². The quantitative estimate of drug-likeness (QED) is 0.754. The molecule has 0 fully saturated rings. The molecule has 1 aromatic rings. The lowest BCUT2D eigenvalue weighted by atomic mass is 10.2. The maximum Gasteiger partial charge on any atom is 0.322 e. The molecule has 1 atom stereocenters. The number of benzene rings is 1. The minimum Gasteiger partial charge on any atom is -0.494 e. The summed E-state index contributed by atoms with van der Waals surface area (Å²) in [5.41, 5.74) is 1.04. The van der Waals surface area contributed by atoms with E-state index in [9.17, 15) is 4.79 Å². The molecule has 4 nitrogen and oxygen atoms in total. The van der Waals surface area contributed by atoms with E-state index in [2.05, 4.69) is 5.32 Å². The number of hydrogen-bond acceptors (Lipinski definition) is 4. The van der Waals surface area contributed by atoms with Crippen LogP contribution in [0.15, 0.2) is 24.3 Å². The van der Waals surface area contributed by atoms with E-state index in [0.717, 1.165) is 11.3 Å². The Bertz CT molecular complexity index is 379. The highest BCUT2D eigenvalue weighted by atomic mass is 16.5. The Kier molecular flexibility index (Phi) is 6.22. The van der Waals surface area contributed by atoms with E-state index < -0.39 is 0 Å². The van der Waals surface area contributed by atoms with Crippen LogP contribution in [-0.2, 0) is 16.1 Å². The van der Waals surface area contributed by atoms with Crippen LogP contribution in [0, 0.1) is 0 Å². The molecule has 1 rings (SSSR count). The lowest BCUT2D eigenvalue weighted by Gasteiger charge is -2.14. The summed E-state index contributed by atoms with van der Waals surface area (Å²) in [6.45, 7) is 7.16. The summed E-state index contributed by atoms with van der Waals surface area (Å²) in [5, 5.41) is 3.13. The Balaban J connectivity index is 2.54. The number of ether oxygens (including phenoxy) is 2. The number of para-hydroxylation sites is 1. The van der Waals surface area contributed by atoms with Gasteiger partial charge in [-0.15, -0.1) is 0 Å². The topological polar surface area (TPSA) is 47.6 Å². The number of rotatable bonds is 7. The Morgan fingerprint density at radius 3 is 2.67 bits per heavy atom. The van der Waals surface area contributed by atoms with E-state index in [1.807, 2.05) is 31.2 Å². The summed E-state index contributed by atoms with van der Waals surface area (Å²) in [6.07, 6.45) is 0. The fourth-order valence-corrected chi connectivity index (χ4v) is 1.56. The largest absolute Gasteiger partial charge is 0.494 e. The first-order chi connectivity index (χ1) is 8.69. The van der Waals surface area contributed by atoms with E-state index in [0.29, 0.717) is 19.8 Å². The van der Waals surface area contributed by atoms with Crippen LogP contribution in [-0.4, -0.2) is 25.2 Å². The molecule has 4 heteroatoms. The number of carbonyl (C=O) groups excluding carboxylic acids is 1. The highest BCUT2D eigenvalue weighted by molar-refractivity contribution is 5.75. The zero-order valence-electron chi connectivity index (χ0n) is 11.2. The molecule has 0 bridgehead atoms. The van der Waals surface area contributed by atoms with Gasteiger partial charge in [-0.1, -0.05) is 18.2 Å². The number of esters is 1. The van der Waals surface area contributed by atoms with Crippen molar-refractivity contribution in [1.82, 2.24) is 5.32 Å². The van der Waals surface area contributed by atoms with E-state index in [-0.39, 0.29) is 12.0 Å². The van der Waals surface area contributed by atoms with Gasteiger partial charge in [0.05, 0.1) is 13.2 Å². The molecule has 1 N–H and O–H groups in total. The standard InChI is InChI=1S/C14H21NO3/c1-4-17-13-9-7-6-8-12(13)10-15-11(3)14(16)18-5-2/h6-9,11,15H,4-5,10H2,1-3H3. The second-order valence-corrected chi connectivity index (χ2v) is 3.90. The van der Waals surface area contributed by atoms with Gasteiger partial charge in [-0.05, 0) is 26.8 Å². The molecule has 0 amide bonds. The smallest absolute Gasteiger partial charge is 0.322 e. The maximum absolute atomic E-state index is 11.5. The van der Waals surface area contributed by atoms with Crippen LogP contribution in [0.5, 0.6) is 5.75 Å². The molecule has 0 aromatic heterocycles. The van der Waals surface area contributed by atoms with Gasteiger partial charge in [-0.25, -0.2) is 0 Å². The van der Waals surface area contributed by atoms with Crippen LogP contribution in [0.1, 0.15) is 26.3 Å². The predicted octanol–water partition coefficient (Wildman–Crippen LogP) is 2.13. The van der Waals surface area contributed by atoms with Crippen molar-refractivity contribution in [3.8, 4) is 5.75 Å². The number of carbonyl (C=O) groups is 1. The summed E-state index contributed by atoms with van der Waals surface area (Å²) < 4.78 is 10.5. The van der Waals surface area contributed by atoms with Crippen molar-refractivity contribution in [3.63, 3.8) is 0 Å². The van der Waals surface area contributed by atoms with Gasteiger partial charge < -0.3 is 14.8 Å². The third kappa shape index (κ3) is 4.37. The molecule has 0 spiro atoms. The Morgan fingerprint density at radius 1 is 1.28 bits per heavy atom. The number of hydrogen-bond donors (Lipinski definition) is 1. The van der Waals surface area contributed by atoms with Crippen molar-refractivity contribution in [2.24, 2.45) is 0 Å². The molecule has 0 saturated carbocycles. The molecular formula is C14H21NO3. The first-order valence-electron chi connectivity index (χ1n) is 6.29. The van der Waals surface area contributed by atoms with Gasteiger partial charge in [0, 0.05) is 12.1 Å². The lowest BCUT2D eigenvalue weighted by molar-refractivity contribution is -0.145. The minimum atomic E-state index is -0.320. The summed E-state index contributed by atoms with van der Waals surface area (Å²) >= 11 is 0. The predicted molar refractivity (Wildman–Crippen MR) is 70.5 cm³/mol. The second kappa shape index (κ2) is 7.71. The molecule has 1 unspecified atom stereocenters. The highest BCUT2D eigenvalue weighted by Crippen LogP contribution is 2.17. The monoisotopic (exact) mass is 251 g/mol. The molecule has 1 aromatic carbocycles. The first-order valence-corrected chi connectivity index (χ1v) is 6.29. The van der Waals surface area contributed by atoms with Gasteiger partial charge in [0.1, 0.15) is 11.8 Å². The van der Waals surface area contributed by atoms with Crippen molar-refractivity contribution < 1.29 is 14.3 Å². The third-order valence-electron chi connectivity index (χ3n) is 2.51. The maximum atomic E-state index is 11.5. The van der Waals surface area contributed by atoms with Crippen molar-refractivity contribution in [3.05, 3.63) is 29.8 Å². The second-order valence-electron chi connectivity index (χ2n) is 3.90. The minimum absolute atomic E-state index is 0.230. The molecule has 0 radical (unpaired) electrons. The Morgan fingerprint density at radius 2 is 2.00 bits per heavy atom.